The molecule has 0 radical (unpaired) electrons. The van der Waals surface area contributed by atoms with Gasteiger partial charge in [0.05, 0.1) is 0 Å². The van der Waals surface area contributed by atoms with Gasteiger partial charge in [-0.3, -0.25) is 0 Å². The van der Waals surface area contributed by atoms with E-state index in [1.807, 2.05) is 0 Å². The summed E-state index contributed by atoms with van der Waals surface area (Å²) in [5.74, 6) is 0. The molecule has 0 aromatic carbocycles. The van der Waals surface area contributed by atoms with E-state index in [2.05, 4.69) is 18.9 Å². The van der Waals surface area contributed by atoms with Crippen molar-refractivity contribution >= 4 is 0 Å². The van der Waals surface area contributed by atoms with Gasteiger partial charge in [-0.15, -0.1) is 0 Å². The van der Waals surface area contributed by atoms with Crippen LogP contribution in [0.3, 0.4) is 0 Å². The summed E-state index contributed by atoms with van der Waals surface area (Å²) in [5, 5.41) is 9.17. The highest BCUT2D eigenvalue weighted by atomic mass is 16.3. The summed E-state index contributed by atoms with van der Waals surface area (Å²) >= 11 is 0. The van der Waals surface area contributed by atoms with Crippen molar-refractivity contribution in [2.75, 3.05) is 26.7 Å². The average Bonchev–Trinajstić information content (AvgIpc) is 2.13. The van der Waals surface area contributed by atoms with Crippen molar-refractivity contribution < 1.29 is 5.11 Å². The van der Waals surface area contributed by atoms with Crippen LogP contribution in [0.5, 0.6) is 0 Å². The van der Waals surface area contributed by atoms with Crippen molar-refractivity contribution in [1.29, 1.82) is 0 Å². The molecule has 1 fully saturated rings. The van der Waals surface area contributed by atoms with Crippen LogP contribution in [0.1, 0.15) is 26.2 Å². The molecule has 1 heterocycles. The lowest BCUT2D eigenvalue weighted by atomic mass is 9.86. The van der Waals surface area contributed by atoms with Crippen molar-refractivity contribution in [2.45, 2.75) is 26.2 Å². The van der Waals surface area contributed by atoms with E-state index in [-0.39, 0.29) is 5.41 Å². The van der Waals surface area contributed by atoms with Gasteiger partial charge in [0.2, 0.25) is 0 Å². The molecule has 0 spiro atoms. The Bertz CT molecular complexity index is 127. The van der Waals surface area contributed by atoms with E-state index >= 15 is 0 Å². The Morgan fingerprint density at radius 1 is 1.45 bits per heavy atom. The third-order valence-corrected chi connectivity index (χ3v) is 2.60. The molecule has 0 amide bonds. The summed E-state index contributed by atoms with van der Waals surface area (Å²) in [7, 11) is 2.14. The van der Waals surface area contributed by atoms with Crippen LogP contribution in [-0.2, 0) is 0 Å². The lowest BCUT2D eigenvalue weighted by Crippen LogP contribution is -2.34. The van der Waals surface area contributed by atoms with E-state index in [1.165, 1.54) is 25.8 Å². The third-order valence-electron chi connectivity index (χ3n) is 2.60. The Balaban J connectivity index is 2.51. The standard InChI is InChI=1S/C9H19NO/c1-9(8-11)5-3-4-6-10(2)7-9/h11H,3-8H2,1-2H3/t9-/m0/s1. The highest BCUT2D eigenvalue weighted by Gasteiger charge is 2.26. The van der Waals surface area contributed by atoms with Gasteiger partial charge < -0.3 is 10.0 Å². The fourth-order valence-electron chi connectivity index (χ4n) is 1.87. The summed E-state index contributed by atoms with van der Waals surface area (Å²) in [6.45, 7) is 4.74. The lowest BCUT2D eigenvalue weighted by Gasteiger charge is -2.28. The van der Waals surface area contributed by atoms with Crippen LogP contribution in [0.4, 0.5) is 0 Å². The molecular formula is C9H19NO. The molecule has 0 aromatic rings. The molecule has 1 rings (SSSR count). The zero-order chi connectivity index (χ0) is 8.32. The van der Waals surface area contributed by atoms with Crippen molar-refractivity contribution in [3.05, 3.63) is 0 Å². The quantitative estimate of drug-likeness (QED) is 0.616. The first-order chi connectivity index (χ1) is 5.16. The zero-order valence-electron chi connectivity index (χ0n) is 7.64. The normalized spacial score (nSPS) is 35.2. The molecule has 0 unspecified atom stereocenters. The first-order valence-electron chi connectivity index (χ1n) is 4.46. The molecular weight excluding hydrogens is 138 g/mol. The summed E-state index contributed by atoms with van der Waals surface area (Å²) in [4.78, 5) is 2.32. The van der Waals surface area contributed by atoms with Crippen LogP contribution in [0.25, 0.3) is 0 Å². The van der Waals surface area contributed by atoms with E-state index in [9.17, 15) is 0 Å². The number of aliphatic hydroxyl groups is 1. The predicted molar refractivity (Wildman–Crippen MR) is 46.5 cm³/mol. The number of likely N-dealkylation sites (tertiary alicyclic amines) is 1. The number of rotatable bonds is 1. The van der Waals surface area contributed by atoms with Gasteiger partial charge in [0.1, 0.15) is 0 Å². The van der Waals surface area contributed by atoms with Crippen LogP contribution in [0.15, 0.2) is 0 Å². The van der Waals surface area contributed by atoms with Crippen LogP contribution < -0.4 is 0 Å². The fourth-order valence-corrected chi connectivity index (χ4v) is 1.87. The van der Waals surface area contributed by atoms with Crippen LogP contribution in [-0.4, -0.2) is 36.8 Å². The monoisotopic (exact) mass is 157 g/mol. The van der Waals surface area contributed by atoms with Gasteiger partial charge in [-0.2, -0.15) is 0 Å². The first-order valence-corrected chi connectivity index (χ1v) is 4.46. The molecule has 1 saturated heterocycles. The maximum Gasteiger partial charge on any atom is 0.0497 e. The second kappa shape index (κ2) is 3.55. The van der Waals surface area contributed by atoms with Gasteiger partial charge >= 0.3 is 0 Å². The Morgan fingerprint density at radius 2 is 2.18 bits per heavy atom. The number of aliphatic hydroxyl groups excluding tert-OH is 1. The van der Waals surface area contributed by atoms with E-state index in [4.69, 9.17) is 5.11 Å². The molecule has 1 aliphatic heterocycles. The van der Waals surface area contributed by atoms with Gasteiger partial charge in [0.15, 0.2) is 0 Å². The predicted octanol–water partition coefficient (Wildman–Crippen LogP) is 1.10. The molecule has 1 atom stereocenters. The van der Waals surface area contributed by atoms with E-state index < -0.39 is 0 Å². The molecule has 66 valence electrons. The van der Waals surface area contributed by atoms with E-state index in [1.54, 1.807) is 0 Å². The molecule has 2 heteroatoms. The average molecular weight is 157 g/mol. The van der Waals surface area contributed by atoms with Crippen LogP contribution in [0, 0.1) is 5.41 Å². The second-order valence-electron chi connectivity index (χ2n) is 4.16. The fraction of sp³-hybridized carbons (Fsp3) is 1.00. The minimum absolute atomic E-state index is 0.158. The molecule has 0 aromatic heterocycles. The number of hydrogen-bond donors (Lipinski definition) is 1. The Kier molecular flexibility index (Phi) is 2.90. The summed E-state index contributed by atoms with van der Waals surface area (Å²) < 4.78 is 0. The molecule has 11 heavy (non-hydrogen) atoms. The Hall–Kier alpha value is -0.0800. The minimum Gasteiger partial charge on any atom is -0.396 e. The van der Waals surface area contributed by atoms with Crippen LogP contribution in [0.2, 0.25) is 0 Å². The largest absolute Gasteiger partial charge is 0.396 e. The topological polar surface area (TPSA) is 23.5 Å². The molecule has 1 aliphatic rings. The SMILES string of the molecule is CN1CCCC[C@](C)(CO)C1. The van der Waals surface area contributed by atoms with Gasteiger partial charge in [-0.1, -0.05) is 13.3 Å². The van der Waals surface area contributed by atoms with E-state index in [0.29, 0.717) is 6.61 Å². The van der Waals surface area contributed by atoms with Gasteiger partial charge in [0, 0.05) is 18.6 Å². The Labute approximate surface area is 69.2 Å². The van der Waals surface area contributed by atoms with E-state index in [0.717, 1.165) is 6.54 Å². The molecule has 1 N–H and O–H groups in total. The second-order valence-corrected chi connectivity index (χ2v) is 4.16. The minimum atomic E-state index is 0.158. The first kappa shape index (κ1) is 9.01. The Morgan fingerprint density at radius 3 is 2.82 bits per heavy atom. The van der Waals surface area contributed by atoms with Crippen molar-refractivity contribution in [1.82, 2.24) is 4.90 Å². The zero-order valence-corrected chi connectivity index (χ0v) is 7.64. The molecule has 0 aliphatic carbocycles. The van der Waals surface area contributed by atoms with Crippen LogP contribution >= 0.6 is 0 Å². The number of hydrogen-bond acceptors (Lipinski definition) is 2. The molecule has 0 bridgehead atoms. The summed E-state index contributed by atoms with van der Waals surface area (Å²) in [5.41, 5.74) is 0.158. The lowest BCUT2D eigenvalue weighted by molar-refractivity contribution is 0.105. The van der Waals surface area contributed by atoms with Crippen molar-refractivity contribution in [3.8, 4) is 0 Å². The maximum atomic E-state index is 9.17. The van der Waals surface area contributed by atoms with Gasteiger partial charge in [-0.25, -0.2) is 0 Å². The van der Waals surface area contributed by atoms with Gasteiger partial charge in [0.25, 0.3) is 0 Å². The smallest absolute Gasteiger partial charge is 0.0497 e. The van der Waals surface area contributed by atoms with Crippen molar-refractivity contribution in [3.63, 3.8) is 0 Å². The highest BCUT2D eigenvalue weighted by molar-refractivity contribution is 4.79. The molecule has 0 saturated carbocycles. The molecule has 2 nitrogen and oxygen atoms in total. The maximum absolute atomic E-state index is 9.17. The number of nitrogens with zero attached hydrogens (tertiary/aromatic N) is 1. The third kappa shape index (κ3) is 2.46. The van der Waals surface area contributed by atoms with Gasteiger partial charge in [-0.05, 0) is 26.4 Å². The summed E-state index contributed by atoms with van der Waals surface area (Å²) in [6.07, 6.45) is 3.72. The van der Waals surface area contributed by atoms with Crippen molar-refractivity contribution in [2.24, 2.45) is 5.41 Å². The highest BCUT2D eigenvalue weighted by Crippen LogP contribution is 2.27. The summed E-state index contributed by atoms with van der Waals surface area (Å²) in [6, 6.07) is 0.